The van der Waals surface area contributed by atoms with Crippen molar-refractivity contribution >= 4 is 0 Å². The average molecular weight is 264 g/mol. The molecular formula is C16H28N2O. The van der Waals surface area contributed by atoms with E-state index < -0.39 is 0 Å². The normalized spacial score (nSPS) is 15.1. The summed E-state index contributed by atoms with van der Waals surface area (Å²) in [6.45, 7) is 9.38. The molecule has 1 aromatic rings. The predicted molar refractivity (Wildman–Crippen MR) is 81.5 cm³/mol. The molecule has 4 N–H and O–H groups in total. The second-order valence-corrected chi connectivity index (χ2v) is 6.29. The van der Waals surface area contributed by atoms with E-state index in [9.17, 15) is 0 Å². The van der Waals surface area contributed by atoms with Gasteiger partial charge in [0.1, 0.15) is 5.75 Å². The van der Waals surface area contributed by atoms with E-state index in [1.165, 1.54) is 5.56 Å². The highest BCUT2D eigenvalue weighted by atomic mass is 16.5. The van der Waals surface area contributed by atoms with Crippen molar-refractivity contribution in [1.29, 1.82) is 0 Å². The molecule has 0 saturated carbocycles. The molecule has 3 nitrogen and oxygen atoms in total. The van der Waals surface area contributed by atoms with E-state index >= 15 is 0 Å². The molecule has 0 bridgehead atoms. The Hall–Kier alpha value is -1.06. The summed E-state index contributed by atoms with van der Waals surface area (Å²) in [7, 11) is 1.71. The number of ether oxygens (including phenoxy) is 1. The highest BCUT2D eigenvalue weighted by Gasteiger charge is 2.22. The van der Waals surface area contributed by atoms with Crippen LogP contribution in [0.1, 0.15) is 51.3 Å². The van der Waals surface area contributed by atoms with E-state index in [-0.39, 0.29) is 11.5 Å². The average Bonchev–Trinajstić information content (AvgIpc) is 2.36. The lowest BCUT2D eigenvalue weighted by Crippen LogP contribution is -2.22. The summed E-state index contributed by atoms with van der Waals surface area (Å²) >= 11 is 0. The Morgan fingerprint density at radius 3 is 2.37 bits per heavy atom. The first-order valence-electron chi connectivity index (χ1n) is 6.95. The van der Waals surface area contributed by atoms with Gasteiger partial charge in [0.25, 0.3) is 0 Å². The monoisotopic (exact) mass is 264 g/mol. The van der Waals surface area contributed by atoms with E-state index in [0.717, 1.165) is 17.7 Å². The lowest BCUT2D eigenvalue weighted by molar-refractivity contribution is 0.395. The van der Waals surface area contributed by atoms with Crippen LogP contribution in [-0.4, -0.2) is 13.7 Å². The van der Waals surface area contributed by atoms with Crippen LogP contribution in [0.25, 0.3) is 0 Å². The van der Waals surface area contributed by atoms with Gasteiger partial charge in [-0.1, -0.05) is 39.8 Å². The minimum Gasteiger partial charge on any atom is -0.496 e. The Labute approximate surface area is 117 Å². The summed E-state index contributed by atoms with van der Waals surface area (Å²) in [4.78, 5) is 0. The van der Waals surface area contributed by atoms with Crippen LogP contribution < -0.4 is 16.2 Å². The highest BCUT2D eigenvalue weighted by Crippen LogP contribution is 2.34. The van der Waals surface area contributed by atoms with Gasteiger partial charge in [-0.2, -0.15) is 0 Å². The summed E-state index contributed by atoms with van der Waals surface area (Å²) in [6, 6.07) is 6.28. The minimum atomic E-state index is 0.0237. The van der Waals surface area contributed by atoms with E-state index in [1.54, 1.807) is 7.11 Å². The Kier molecular flexibility index (Phi) is 5.39. The largest absolute Gasteiger partial charge is 0.496 e. The first kappa shape index (κ1) is 16.0. The fourth-order valence-electron chi connectivity index (χ4n) is 2.29. The van der Waals surface area contributed by atoms with Gasteiger partial charge in [0.2, 0.25) is 0 Å². The topological polar surface area (TPSA) is 61.3 Å². The van der Waals surface area contributed by atoms with Gasteiger partial charge in [-0.3, -0.25) is 0 Å². The first-order chi connectivity index (χ1) is 8.81. The maximum Gasteiger partial charge on any atom is 0.122 e. The molecule has 0 aliphatic carbocycles. The van der Waals surface area contributed by atoms with Gasteiger partial charge < -0.3 is 16.2 Å². The molecule has 0 fully saturated rings. The molecule has 0 radical (unpaired) electrons. The molecule has 1 rings (SSSR count). The van der Waals surface area contributed by atoms with Crippen LogP contribution in [0.2, 0.25) is 0 Å². The van der Waals surface area contributed by atoms with Gasteiger partial charge in [0.05, 0.1) is 7.11 Å². The summed E-state index contributed by atoms with van der Waals surface area (Å²) in [5.74, 6) is 1.31. The summed E-state index contributed by atoms with van der Waals surface area (Å²) in [6.07, 6.45) is 0.943. The number of hydrogen-bond acceptors (Lipinski definition) is 3. The van der Waals surface area contributed by atoms with Gasteiger partial charge in [-0.05, 0) is 41.5 Å². The third-order valence-electron chi connectivity index (χ3n) is 3.65. The lowest BCUT2D eigenvalue weighted by Gasteiger charge is -2.26. The molecule has 0 spiro atoms. The number of benzene rings is 1. The molecule has 0 aliphatic heterocycles. The zero-order chi connectivity index (χ0) is 14.6. The number of hydrogen-bond donors (Lipinski definition) is 2. The highest BCUT2D eigenvalue weighted by molar-refractivity contribution is 5.42. The molecule has 0 aliphatic rings. The molecule has 3 heteroatoms. The molecule has 2 atom stereocenters. The van der Waals surface area contributed by atoms with E-state index in [4.69, 9.17) is 16.2 Å². The molecule has 2 unspecified atom stereocenters. The molecule has 19 heavy (non-hydrogen) atoms. The zero-order valence-electron chi connectivity index (χ0n) is 12.9. The quantitative estimate of drug-likeness (QED) is 0.859. The van der Waals surface area contributed by atoms with Crippen LogP contribution in [-0.2, 0) is 5.41 Å². The van der Waals surface area contributed by atoms with Gasteiger partial charge in [0, 0.05) is 6.04 Å². The smallest absolute Gasteiger partial charge is 0.122 e. The molecule has 1 aromatic carbocycles. The third kappa shape index (κ3) is 3.95. The summed E-state index contributed by atoms with van der Waals surface area (Å²) < 4.78 is 5.45. The van der Waals surface area contributed by atoms with Crippen LogP contribution in [0.15, 0.2) is 18.2 Å². The van der Waals surface area contributed by atoms with Crippen molar-refractivity contribution in [2.45, 2.75) is 45.6 Å². The van der Waals surface area contributed by atoms with Crippen molar-refractivity contribution in [2.75, 3.05) is 13.7 Å². The van der Waals surface area contributed by atoms with Gasteiger partial charge in [-0.15, -0.1) is 0 Å². The summed E-state index contributed by atoms with van der Waals surface area (Å²) in [5.41, 5.74) is 14.3. The maximum absolute atomic E-state index is 6.33. The molecule has 0 aromatic heterocycles. The van der Waals surface area contributed by atoms with Crippen LogP contribution in [0, 0.1) is 5.92 Å². The molecule has 0 saturated heterocycles. The number of rotatable bonds is 5. The Morgan fingerprint density at radius 1 is 1.26 bits per heavy atom. The maximum atomic E-state index is 6.33. The Bertz CT molecular complexity index is 410. The zero-order valence-corrected chi connectivity index (χ0v) is 12.9. The number of nitrogens with two attached hydrogens (primary N) is 2. The van der Waals surface area contributed by atoms with Gasteiger partial charge >= 0.3 is 0 Å². The van der Waals surface area contributed by atoms with E-state index in [0.29, 0.717) is 12.5 Å². The fraction of sp³-hybridized carbons (Fsp3) is 0.625. The second kappa shape index (κ2) is 6.40. The van der Waals surface area contributed by atoms with Crippen LogP contribution in [0.4, 0.5) is 0 Å². The van der Waals surface area contributed by atoms with Crippen LogP contribution in [0.3, 0.4) is 0 Å². The first-order valence-corrected chi connectivity index (χ1v) is 6.95. The van der Waals surface area contributed by atoms with Crippen molar-refractivity contribution in [3.63, 3.8) is 0 Å². The van der Waals surface area contributed by atoms with Crippen molar-refractivity contribution in [3.8, 4) is 5.75 Å². The summed E-state index contributed by atoms with van der Waals surface area (Å²) in [5, 5.41) is 0. The molecular weight excluding hydrogens is 236 g/mol. The fourth-order valence-corrected chi connectivity index (χ4v) is 2.29. The Balaban J connectivity index is 3.11. The molecule has 108 valence electrons. The Morgan fingerprint density at radius 2 is 1.89 bits per heavy atom. The van der Waals surface area contributed by atoms with Gasteiger partial charge in [0.15, 0.2) is 0 Å². The van der Waals surface area contributed by atoms with Crippen molar-refractivity contribution < 1.29 is 4.74 Å². The van der Waals surface area contributed by atoms with Crippen LogP contribution >= 0.6 is 0 Å². The standard InChI is InChI=1S/C16H28N2O/c1-11(8-9-17)15(18)12-6-7-14(19-5)13(10-12)16(2,3)4/h6-7,10-11,15H,8-9,17-18H2,1-5H3. The van der Waals surface area contributed by atoms with Crippen molar-refractivity contribution in [3.05, 3.63) is 29.3 Å². The van der Waals surface area contributed by atoms with E-state index in [2.05, 4.69) is 39.8 Å². The SMILES string of the molecule is COc1ccc(C(N)C(C)CCN)cc1C(C)(C)C. The minimum absolute atomic E-state index is 0.0237. The van der Waals surface area contributed by atoms with Crippen molar-refractivity contribution in [1.82, 2.24) is 0 Å². The second-order valence-electron chi connectivity index (χ2n) is 6.29. The molecule has 0 heterocycles. The molecule has 0 amide bonds. The lowest BCUT2D eigenvalue weighted by atomic mass is 9.83. The van der Waals surface area contributed by atoms with Crippen molar-refractivity contribution in [2.24, 2.45) is 17.4 Å². The number of methoxy groups -OCH3 is 1. The predicted octanol–water partition coefficient (Wildman–Crippen LogP) is 2.98. The van der Waals surface area contributed by atoms with Gasteiger partial charge in [-0.25, -0.2) is 0 Å². The van der Waals surface area contributed by atoms with Crippen LogP contribution in [0.5, 0.6) is 5.75 Å². The third-order valence-corrected chi connectivity index (χ3v) is 3.65. The van der Waals surface area contributed by atoms with E-state index in [1.807, 2.05) is 6.07 Å².